The average molecular weight is 291 g/mol. The third-order valence-corrected chi connectivity index (χ3v) is 4.09. The van der Waals surface area contributed by atoms with Crippen molar-refractivity contribution >= 4 is 11.7 Å². The number of nitrogens with zero attached hydrogens (tertiary/aromatic N) is 3. The van der Waals surface area contributed by atoms with Gasteiger partial charge in [-0.1, -0.05) is 0 Å². The van der Waals surface area contributed by atoms with Gasteiger partial charge in [-0.3, -0.25) is 9.69 Å². The van der Waals surface area contributed by atoms with Crippen molar-refractivity contribution in [3.63, 3.8) is 0 Å². The van der Waals surface area contributed by atoms with Gasteiger partial charge in [-0.25, -0.2) is 4.98 Å². The minimum absolute atomic E-state index is 0.447. The molecule has 1 amide bonds. The summed E-state index contributed by atoms with van der Waals surface area (Å²) in [7, 11) is 2.16. The highest BCUT2D eigenvalue weighted by atomic mass is 16.1. The van der Waals surface area contributed by atoms with Crippen molar-refractivity contribution in [1.29, 1.82) is 0 Å². The van der Waals surface area contributed by atoms with Crippen molar-refractivity contribution in [1.82, 2.24) is 14.8 Å². The van der Waals surface area contributed by atoms with Crippen LogP contribution in [0.25, 0.3) is 0 Å². The van der Waals surface area contributed by atoms with Crippen molar-refractivity contribution in [3.8, 4) is 0 Å². The maximum Gasteiger partial charge on any atom is 0.252 e. The molecule has 0 unspecified atom stereocenters. The van der Waals surface area contributed by atoms with E-state index in [0.717, 1.165) is 39.1 Å². The molecular formula is C15H25N5O. The monoisotopic (exact) mass is 291 g/mol. The minimum Gasteiger partial charge on any atom is -0.369 e. The number of hydrogen-bond donors (Lipinski definition) is 2. The van der Waals surface area contributed by atoms with Gasteiger partial charge in [-0.2, -0.15) is 0 Å². The quantitative estimate of drug-likeness (QED) is 0.803. The molecule has 0 bridgehead atoms. The largest absolute Gasteiger partial charge is 0.369 e. The number of amides is 1. The van der Waals surface area contributed by atoms with Crippen LogP contribution >= 0.6 is 0 Å². The molecule has 0 aromatic carbocycles. The van der Waals surface area contributed by atoms with E-state index in [-0.39, 0.29) is 0 Å². The van der Waals surface area contributed by atoms with Gasteiger partial charge in [0.2, 0.25) is 0 Å². The lowest BCUT2D eigenvalue weighted by molar-refractivity contribution is 0.100. The van der Waals surface area contributed by atoms with Gasteiger partial charge in [0.25, 0.3) is 5.91 Å². The third-order valence-electron chi connectivity index (χ3n) is 4.09. The lowest BCUT2D eigenvalue weighted by Gasteiger charge is -2.36. The number of carbonyl (C=O) groups excluding carboxylic acids is 1. The van der Waals surface area contributed by atoms with Crippen LogP contribution in [0.3, 0.4) is 0 Å². The molecule has 1 aliphatic heterocycles. The normalized spacial score (nSPS) is 18.4. The Labute approximate surface area is 126 Å². The fourth-order valence-electron chi connectivity index (χ4n) is 2.59. The summed E-state index contributed by atoms with van der Waals surface area (Å²) in [4.78, 5) is 20.4. The summed E-state index contributed by atoms with van der Waals surface area (Å²) in [6.07, 6.45) is 2.68. The van der Waals surface area contributed by atoms with Gasteiger partial charge >= 0.3 is 0 Å². The molecular weight excluding hydrogens is 266 g/mol. The fraction of sp³-hybridized carbons (Fsp3) is 0.600. The van der Waals surface area contributed by atoms with Crippen molar-refractivity contribution < 1.29 is 4.79 Å². The maximum absolute atomic E-state index is 11.3. The first-order valence-corrected chi connectivity index (χ1v) is 7.49. The Bertz CT molecular complexity index is 471. The van der Waals surface area contributed by atoms with Crippen LogP contribution in [0.1, 0.15) is 23.7 Å². The lowest BCUT2D eigenvalue weighted by Crippen LogP contribution is -2.48. The van der Waals surface area contributed by atoms with Gasteiger partial charge in [-0.05, 0) is 32.5 Å². The van der Waals surface area contributed by atoms with Crippen molar-refractivity contribution in [2.75, 3.05) is 45.1 Å². The average Bonchev–Trinajstić information content (AvgIpc) is 2.48. The molecule has 21 heavy (non-hydrogen) atoms. The summed E-state index contributed by atoms with van der Waals surface area (Å²) in [5.74, 6) is 0.133. The van der Waals surface area contributed by atoms with Gasteiger partial charge in [0.05, 0.1) is 5.56 Å². The van der Waals surface area contributed by atoms with Crippen LogP contribution in [0.15, 0.2) is 18.3 Å². The van der Waals surface area contributed by atoms with E-state index in [4.69, 9.17) is 5.73 Å². The van der Waals surface area contributed by atoms with Crippen LogP contribution in [-0.4, -0.2) is 66.5 Å². The third kappa shape index (κ3) is 4.41. The van der Waals surface area contributed by atoms with Gasteiger partial charge in [0.1, 0.15) is 5.82 Å². The molecule has 1 aliphatic rings. The number of carbonyl (C=O) groups is 1. The Morgan fingerprint density at radius 3 is 2.81 bits per heavy atom. The number of piperazine rings is 1. The van der Waals surface area contributed by atoms with Gasteiger partial charge < -0.3 is 16.0 Å². The summed E-state index contributed by atoms with van der Waals surface area (Å²) < 4.78 is 0. The molecule has 0 radical (unpaired) electrons. The molecule has 1 atom stereocenters. The highest BCUT2D eigenvalue weighted by Crippen LogP contribution is 2.12. The summed E-state index contributed by atoms with van der Waals surface area (Å²) in [6, 6.07) is 3.94. The number of hydrogen-bond acceptors (Lipinski definition) is 5. The zero-order chi connectivity index (χ0) is 15.2. The second kappa shape index (κ2) is 7.38. The number of anilines is 1. The summed E-state index contributed by atoms with van der Waals surface area (Å²) >= 11 is 0. The standard InChI is InChI=1S/C15H25N5O/c1-12(20-10-8-19(2)9-11-20)5-7-18-15-13(14(16)21)4-3-6-17-15/h3-4,6,12H,5,7-11H2,1-2H3,(H2,16,21)(H,17,18)/t12-/m0/s1. The highest BCUT2D eigenvalue weighted by molar-refractivity contribution is 5.97. The molecule has 0 aliphatic carbocycles. The van der Waals surface area contributed by atoms with E-state index in [1.165, 1.54) is 0 Å². The van der Waals surface area contributed by atoms with Crippen molar-refractivity contribution in [2.24, 2.45) is 5.73 Å². The first-order chi connectivity index (χ1) is 10.1. The molecule has 6 nitrogen and oxygen atoms in total. The molecule has 1 saturated heterocycles. The molecule has 0 spiro atoms. The maximum atomic E-state index is 11.3. The van der Waals surface area contributed by atoms with Crippen molar-refractivity contribution in [3.05, 3.63) is 23.9 Å². The number of nitrogens with two attached hydrogens (primary N) is 1. The van der Waals surface area contributed by atoms with Gasteiger partial charge in [0.15, 0.2) is 0 Å². The van der Waals surface area contributed by atoms with E-state index in [9.17, 15) is 4.79 Å². The molecule has 3 N–H and O–H groups in total. The van der Waals surface area contributed by atoms with Gasteiger partial charge in [0, 0.05) is 45.0 Å². The topological polar surface area (TPSA) is 74.5 Å². The Morgan fingerprint density at radius 2 is 2.14 bits per heavy atom. The molecule has 1 fully saturated rings. The number of primary amides is 1. The molecule has 1 aromatic heterocycles. The first kappa shape index (κ1) is 15.7. The Hall–Kier alpha value is -1.66. The van der Waals surface area contributed by atoms with Crippen LogP contribution < -0.4 is 11.1 Å². The van der Waals surface area contributed by atoms with E-state index in [1.54, 1.807) is 18.3 Å². The highest BCUT2D eigenvalue weighted by Gasteiger charge is 2.18. The minimum atomic E-state index is -0.447. The predicted molar refractivity (Wildman–Crippen MR) is 84.4 cm³/mol. The predicted octanol–water partition coefficient (Wildman–Crippen LogP) is 0.618. The second-order valence-electron chi connectivity index (χ2n) is 5.67. The Morgan fingerprint density at radius 1 is 1.43 bits per heavy atom. The van der Waals surface area contributed by atoms with Crippen molar-refractivity contribution in [2.45, 2.75) is 19.4 Å². The van der Waals surface area contributed by atoms with Gasteiger partial charge in [-0.15, -0.1) is 0 Å². The molecule has 2 heterocycles. The van der Waals surface area contributed by atoms with Crippen LogP contribution in [-0.2, 0) is 0 Å². The number of rotatable bonds is 6. The second-order valence-corrected chi connectivity index (χ2v) is 5.67. The summed E-state index contributed by atoms with van der Waals surface area (Å²) in [5, 5.41) is 3.22. The zero-order valence-electron chi connectivity index (χ0n) is 12.9. The van der Waals surface area contributed by atoms with Crippen LogP contribution in [0, 0.1) is 0 Å². The Kier molecular flexibility index (Phi) is 5.52. The summed E-state index contributed by atoms with van der Waals surface area (Å²) in [6.45, 7) is 7.53. The number of aromatic nitrogens is 1. The molecule has 0 saturated carbocycles. The fourth-order valence-corrected chi connectivity index (χ4v) is 2.59. The molecule has 6 heteroatoms. The van der Waals surface area contributed by atoms with E-state index >= 15 is 0 Å². The van der Waals surface area contributed by atoms with Crippen LogP contribution in [0.2, 0.25) is 0 Å². The van der Waals surface area contributed by atoms with E-state index in [1.807, 2.05) is 0 Å². The van der Waals surface area contributed by atoms with Crippen LogP contribution in [0.4, 0.5) is 5.82 Å². The first-order valence-electron chi connectivity index (χ1n) is 7.49. The van der Waals surface area contributed by atoms with Crippen LogP contribution in [0.5, 0.6) is 0 Å². The number of likely N-dealkylation sites (N-methyl/N-ethyl adjacent to an activating group) is 1. The lowest BCUT2D eigenvalue weighted by atomic mass is 10.1. The number of pyridine rings is 1. The van der Waals surface area contributed by atoms with E-state index in [2.05, 4.69) is 34.1 Å². The summed E-state index contributed by atoms with van der Waals surface area (Å²) in [5.41, 5.74) is 5.79. The molecule has 1 aromatic rings. The molecule has 2 rings (SSSR count). The smallest absolute Gasteiger partial charge is 0.252 e. The SMILES string of the molecule is C[C@@H](CCNc1ncccc1C(N)=O)N1CCN(C)CC1. The Balaban J connectivity index is 1.80. The number of nitrogens with one attached hydrogen (secondary N) is 1. The van der Waals surface area contributed by atoms with E-state index in [0.29, 0.717) is 17.4 Å². The van der Waals surface area contributed by atoms with E-state index < -0.39 is 5.91 Å². The molecule has 116 valence electrons. The zero-order valence-corrected chi connectivity index (χ0v) is 12.9.